The number of morpholine rings is 1. The number of ether oxygens (including phenoxy) is 1. The van der Waals surface area contributed by atoms with Crippen molar-refractivity contribution in [2.75, 3.05) is 38.8 Å². The lowest BCUT2D eigenvalue weighted by Gasteiger charge is -2.53. The zero-order valence-corrected chi connectivity index (χ0v) is 16.9. The van der Waals surface area contributed by atoms with Crippen molar-refractivity contribution in [1.29, 1.82) is 0 Å². The second-order valence-corrected chi connectivity index (χ2v) is 8.05. The minimum absolute atomic E-state index is 0.127. The third kappa shape index (κ3) is 2.14. The number of aromatic nitrogens is 2. The summed E-state index contributed by atoms with van der Waals surface area (Å²) in [6.07, 6.45) is 1.50. The van der Waals surface area contributed by atoms with Crippen LogP contribution in [0.2, 0.25) is 0 Å². The highest BCUT2D eigenvalue weighted by Gasteiger charge is 2.64. The largest absolute Gasteiger partial charge is 0.377 e. The average molecular weight is 411 g/mol. The molecule has 156 valence electrons. The van der Waals surface area contributed by atoms with Crippen molar-refractivity contribution in [2.45, 2.75) is 19.4 Å². The van der Waals surface area contributed by atoms with Crippen LogP contribution < -0.4 is 10.5 Å². The highest BCUT2D eigenvalue weighted by Crippen LogP contribution is 2.45. The van der Waals surface area contributed by atoms with Crippen LogP contribution in [0, 0.1) is 12.3 Å². The van der Waals surface area contributed by atoms with Crippen LogP contribution in [0.25, 0.3) is 5.65 Å². The van der Waals surface area contributed by atoms with Crippen LogP contribution in [-0.4, -0.2) is 76.9 Å². The number of imide groups is 2. The van der Waals surface area contributed by atoms with E-state index in [4.69, 9.17) is 9.72 Å². The molecule has 1 atom stereocenters. The summed E-state index contributed by atoms with van der Waals surface area (Å²) in [5, 5.41) is 0. The molecule has 2 fully saturated rings. The molecule has 1 spiro atoms. The standard InChI is InChI=1S/C20H21N5O5/c1-11-5-4-6-25-14(11)21-15-12(16(25)26)9-20(13-10-30-8-7-24(13)15)17(27)22(2)19(29)23(3)18(20)28/h4-6,13H,7-10H2,1-3H3. The zero-order chi connectivity index (χ0) is 21.4. The van der Waals surface area contributed by atoms with Gasteiger partial charge in [0.2, 0.25) is 11.8 Å². The van der Waals surface area contributed by atoms with E-state index < -0.39 is 29.3 Å². The number of pyridine rings is 1. The number of barbiturate groups is 1. The summed E-state index contributed by atoms with van der Waals surface area (Å²) in [5.74, 6) is -0.748. The maximum atomic E-state index is 13.4. The molecule has 2 aromatic heterocycles. The average Bonchev–Trinajstić information content (AvgIpc) is 2.76. The van der Waals surface area contributed by atoms with Crippen molar-refractivity contribution < 1.29 is 19.1 Å². The first-order chi connectivity index (χ1) is 14.3. The maximum Gasteiger partial charge on any atom is 0.332 e. The quantitative estimate of drug-likeness (QED) is 0.553. The van der Waals surface area contributed by atoms with Crippen molar-refractivity contribution in [3.05, 3.63) is 39.8 Å². The molecule has 0 bridgehead atoms. The van der Waals surface area contributed by atoms with E-state index in [1.165, 1.54) is 18.5 Å². The highest BCUT2D eigenvalue weighted by atomic mass is 16.5. The SMILES string of the molecule is Cc1cccn2c(=O)c3c(nc12)N1CCOCC1C1(C3)C(=O)N(C)C(=O)N(C)C1=O. The lowest BCUT2D eigenvalue weighted by atomic mass is 9.68. The molecule has 0 aliphatic carbocycles. The Balaban J connectivity index is 1.81. The summed E-state index contributed by atoms with van der Waals surface area (Å²) in [7, 11) is 2.71. The van der Waals surface area contributed by atoms with Gasteiger partial charge in [-0.25, -0.2) is 9.78 Å². The summed E-state index contributed by atoms with van der Waals surface area (Å²) in [6.45, 7) is 2.77. The molecule has 0 radical (unpaired) electrons. The summed E-state index contributed by atoms with van der Waals surface area (Å²) < 4.78 is 7.08. The molecule has 10 heteroatoms. The van der Waals surface area contributed by atoms with E-state index in [0.717, 1.165) is 15.4 Å². The van der Waals surface area contributed by atoms with E-state index in [0.29, 0.717) is 30.2 Å². The molecular formula is C20H21N5O5. The second-order valence-electron chi connectivity index (χ2n) is 8.05. The number of carbonyl (C=O) groups excluding carboxylic acids is 3. The van der Waals surface area contributed by atoms with Crippen molar-refractivity contribution in [3.63, 3.8) is 0 Å². The van der Waals surface area contributed by atoms with Gasteiger partial charge in [0.05, 0.1) is 24.8 Å². The van der Waals surface area contributed by atoms with Crippen LogP contribution in [0.1, 0.15) is 11.1 Å². The first kappa shape index (κ1) is 18.7. The predicted octanol–water partition coefficient (Wildman–Crippen LogP) is -0.199. The maximum absolute atomic E-state index is 13.4. The second kappa shape index (κ2) is 6.11. The molecule has 3 aliphatic rings. The normalized spacial score (nSPS) is 23.2. The van der Waals surface area contributed by atoms with Crippen LogP contribution in [0.15, 0.2) is 23.1 Å². The van der Waals surface area contributed by atoms with Gasteiger partial charge in [-0.05, 0) is 18.6 Å². The Bertz CT molecular complexity index is 1160. The number of rotatable bonds is 0. The van der Waals surface area contributed by atoms with Gasteiger partial charge < -0.3 is 9.64 Å². The highest BCUT2D eigenvalue weighted by molar-refractivity contribution is 6.20. The van der Waals surface area contributed by atoms with Crippen LogP contribution in [0.3, 0.4) is 0 Å². The number of anilines is 1. The van der Waals surface area contributed by atoms with Gasteiger partial charge in [-0.2, -0.15) is 0 Å². The first-order valence-corrected chi connectivity index (χ1v) is 9.74. The molecule has 0 aromatic carbocycles. The molecule has 0 saturated carbocycles. The van der Waals surface area contributed by atoms with E-state index in [2.05, 4.69) is 0 Å². The van der Waals surface area contributed by atoms with Gasteiger partial charge in [0, 0.05) is 33.3 Å². The lowest BCUT2D eigenvalue weighted by Crippen LogP contribution is -2.73. The minimum Gasteiger partial charge on any atom is -0.377 e. The smallest absolute Gasteiger partial charge is 0.332 e. The molecule has 2 aromatic rings. The Kier molecular flexibility index (Phi) is 3.82. The molecule has 4 amide bonds. The number of hydrogen-bond donors (Lipinski definition) is 0. The number of nitrogens with zero attached hydrogens (tertiary/aromatic N) is 5. The van der Waals surface area contributed by atoms with Crippen molar-refractivity contribution in [2.24, 2.45) is 5.41 Å². The van der Waals surface area contributed by atoms with Gasteiger partial charge in [0.15, 0.2) is 5.41 Å². The molecule has 10 nitrogen and oxygen atoms in total. The lowest BCUT2D eigenvalue weighted by molar-refractivity contribution is -0.161. The van der Waals surface area contributed by atoms with Gasteiger partial charge in [0.1, 0.15) is 11.5 Å². The van der Waals surface area contributed by atoms with Crippen LogP contribution in [0.4, 0.5) is 10.6 Å². The Labute approximate surface area is 171 Å². The Morgan fingerprint density at radius 3 is 2.53 bits per heavy atom. The van der Waals surface area contributed by atoms with Gasteiger partial charge in [-0.1, -0.05) is 6.07 Å². The summed E-state index contributed by atoms with van der Waals surface area (Å²) in [6, 6.07) is 2.29. The zero-order valence-electron chi connectivity index (χ0n) is 16.9. The van der Waals surface area contributed by atoms with Crippen molar-refractivity contribution in [3.8, 4) is 0 Å². The van der Waals surface area contributed by atoms with E-state index in [1.807, 2.05) is 17.9 Å². The molecular weight excluding hydrogens is 390 g/mol. The summed E-state index contributed by atoms with van der Waals surface area (Å²) in [5.41, 5.74) is -0.255. The van der Waals surface area contributed by atoms with Gasteiger partial charge in [0.25, 0.3) is 5.56 Å². The summed E-state index contributed by atoms with van der Waals surface area (Å²) >= 11 is 0. The molecule has 5 heterocycles. The van der Waals surface area contributed by atoms with Gasteiger partial charge >= 0.3 is 6.03 Å². The van der Waals surface area contributed by atoms with E-state index >= 15 is 0 Å². The van der Waals surface area contributed by atoms with Crippen molar-refractivity contribution >= 4 is 29.3 Å². The molecule has 30 heavy (non-hydrogen) atoms. The number of urea groups is 1. The molecule has 0 N–H and O–H groups in total. The van der Waals surface area contributed by atoms with E-state index in [9.17, 15) is 19.2 Å². The minimum atomic E-state index is -1.62. The Morgan fingerprint density at radius 1 is 1.13 bits per heavy atom. The molecule has 1 unspecified atom stereocenters. The Hall–Kier alpha value is -3.27. The number of fused-ring (bicyclic) bond motifs is 5. The predicted molar refractivity (Wildman–Crippen MR) is 105 cm³/mol. The fourth-order valence-corrected chi connectivity index (χ4v) is 4.90. The first-order valence-electron chi connectivity index (χ1n) is 9.74. The third-order valence-corrected chi connectivity index (χ3v) is 6.49. The van der Waals surface area contributed by atoms with Crippen molar-refractivity contribution in [1.82, 2.24) is 19.2 Å². The number of amides is 4. The van der Waals surface area contributed by atoms with Gasteiger partial charge in [-0.3, -0.25) is 28.6 Å². The summed E-state index contributed by atoms with van der Waals surface area (Å²) in [4.78, 5) is 61.1. The number of hydrogen-bond acceptors (Lipinski definition) is 7. The fourth-order valence-electron chi connectivity index (χ4n) is 4.90. The molecule has 2 saturated heterocycles. The molecule has 5 rings (SSSR count). The van der Waals surface area contributed by atoms with E-state index in [-0.39, 0.29) is 18.6 Å². The van der Waals surface area contributed by atoms with Crippen LogP contribution >= 0.6 is 0 Å². The monoisotopic (exact) mass is 411 g/mol. The van der Waals surface area contributed by atoms with Gasteiger partial charge in [-0.15, -0.1) is 0 Å². The number of aryl methyl sites for hydroxylation is 1. The topological polar surface area (TPSA) is 105 Å². The third-order valence-electron chi connectivity index (χ3n) is 6.49. The van der Waals surface area contributed by atoms with Crippen LogP contribution in [-0.2, 0) is 20.7 Å². The fraction of sp³-hybridized carbons (Fsp3) is 0.450. The molecule has 3 aliphatic heterocycles. The number of carbonyl (C=O) groups is 3. The Morgan fingerprint density at radius 2 is 1.83 bits per heavy atom. The van der Waals surface area contributed by atoms with E-state index in [1.54, 1.807) is 12.3 Å². The van der Waals surface area contributed by atoms with Crippen LogP contribution in [0.5, 0.6) is 0 Å².